The highest BCUT2D eigenvalue weighted by molar-refractivity contribution is 5.82. The molecule has 2 atom stereocenters. The Morgan fingerprint density at radius 1 is 1.48 bits per heavy atom. The molecule has 3 heterocycles. The maximum atomic E-state index is 12.4. The Bertz CT molecular complexity index is 618. The first-order valence-electron chi connectivity index (χ1n) is 7.79. The van der Waals surface area contributed by atoms with Gasteiger partial charge < -0.3 is 14.5 Å². The fraction of sp³-hybridized carbons (Fsp3) is 0.667. The normalized spacial score (nSPS) is 23.5. The fourth-order valence-corrected chi connectivity index (χ4v) is 3.56. The molecule has 0 spiro atoms. The van der Waals surface area contributed by atoms with Gasteiger partial charge >= 0.3 is 6.09 Å². The minimum atomic E-state index is -0.696. The number of halogens is 1. The lowest BCUT2D eigenvalue weighted by molar-refractivity contribution is -0.129. The van der Waals surface area contributed by atoms with E-state index in [2.05, 4.69) is 5.10 Å². The molecule has 2 saturated heterocycles. The van der Waals surface area contributed by atoms with Crippen LogP contribution in [0, 0.1) is 6.92 Å². The number of nitrogens with zero attached hydrogens (tertiary/aromatic N) is 4. The average Bonchev–Trinajstić information content (AvgIpc) is 3.13. The summed E-state index contributed by atoms with van der Waals surface area (Å²) >= 11 is 0. The van der Waals surface area contributed by atoms with Crippen molar-refractivity contribution in [3.63, 3.8) is 0 Å². The van der Waals surface area contributed by atoms with Crippen molar-refractivity contribution in [1.82, 2.24) is 19.6 Å². The Kier molecular flexibility index (Phi) is 4.23. The van der Waals surface area contributed by atoms with E-state index in [1.54, 1.807) is 9.58 Å². The van der Waals surface area contributed by atoms with Gasteiger partial charge in [0.1, 0.15) is 13.3 Å². The lowest BCUT2D eigenvalue weighted by Crippen LogP contribution is -2.40. The highest BCUT2D eigenvalue weighted by Gasteiger charge is 2.48. The van der Waals surface area contributed by atoms with Gasteiger partial charge in [-0.3, -0.25) is 9.48 Å². The number of alkyl halides is 1. The van der Waals surface area contributed by atoms with Crippen LogP contribution in [0.1, 0.15) is 24.2 Å². The van der Waals surface area contributed by atoms with Crippen LogP contribution in [0.4, 0.5) is 9.18 Å². The van der Waals surface area contributed by atoms with Crippen molar-refractivity contribution >= 4 is 12.0 Å². The molecule has 0 aliphatic carbocycles. The maximum Gasteiger partial charge on any atom is 0.410 e. The van der Waals surface area contributed by atoms with Crippen molar-refractivity contribution in [3.8, 4) is 0 Å². The van der Waals surface area contributed by atoms with E-state index >= 15 is 0 Å². The lowest BCUT2D eigenvalue weighted by Gasteiger charge is -2.25. The first kappa shape index (κ1) is 15.8. The summed E-state index contributed by atoms with van der Waals surface area (Å²) in [4.78, 5) is 27.7. The number of likely N-dealkylation sites (tertiary alicyclic amines) is 2. The van der Waals surface area contributed by atoms with E-state index in [1.165, 1.54) is 0 Å². The Morgan fingerprint density at radius 2 is 2.26 bits per heavy atom. The Morgan fingerprint density at radius 3 is 2.91 bits per heavy atom. The van der Waals surface area contributed by atoms with Gasteiger partial charge in [-0.25, -0.2) is 9.18 Å². The predicted octanol–water partition coefficient (Wildman–Crippen LogP) is 1.01. The summed E-state index contributed by atoms with van der Waals surface area (Å²) in [6.45, 7) is 2.01. The van der Waals surface area contributed by atoms with E-state index in [9.17, 15) is 14.0 Å². The summed E-state index contributed by atoms with van der Waals surface area (Å²) < 4.78 is 18.8. The average molecular weight is 324 g/mol. The molecule has 0 radical (unpaired) electrons. The molecule has 0 N–H and O–H groups in total. The van der Waals surface area contributed by atoms with Crippen LogP contribution >= 0.6 is 0 Å². The molecule has 2 fully saturated rings. The molecule has 7 nitrogen and oxygen atoms in total. The SMILES string of the molecule is Cc1cc(CN2C(=O)C[C@H]3[C@@H]2CCN3C(=O)OCCF)n(C)n1. The van der Waals surface area contributed by atoms with Crippen molar-refractivity contribution in [3.05, 3.63) is 17.5 Å². The number of hydrogen-bond donors (Lipinski definition) is 0. The standard InChI is InChI=1S/C15H21FN4O3/c1-10-7-11(18(2)17-10)9-20-12-3-5-19(13(12)8-14(20)21)15(22)23-6-4-16/h7,12-13H,3-6,8-9H2,1-2H3/t12-,13-/m0/s1. The molecule has 2 aliphatic rings. The summed E-state index contributed by atoms with van der Waals surface area (Å²) in [6, 6.07) is 1.78. The van der Waals surface area contributed by atoms with E-state index in [0.717, 1.165) is 17.8 Å². The van der Waals surface area contributed by atoms with Gasteiger partial charge in [0.25, 0.3) is 0 Å². The van der Waals surface area contributed by atoms with Crippen LogP contribution in [0.3, 0.4) is 0 Å². The maximum absolute atomic E-state index is 12.4. The molecular weight excluding hydrogens is 303 g/mol. The highest BCUT2D eigenvalue weighted by atomic mass is 19.1. The Labute approximate surface area is 134 Å². The number of hydrogen-bond acceptors (Lipinski definition) is 4. The van der Waals surface area contributed by atoms with E-state index in [1.807, 2.05) is 24.9 Å². The number of aryl methyl sites for hydroxylation is 2. The quantitative estimate of drug-likeness (QED) is 0.829. The number of carbonyl (C=O) groups excluding carboxylic acids is 2. The third-order valence-electron chi connectivity index (χ3n) is 4.58. The molecule has 126 valence electrons. The van der Waals surface area contributed by atoms with Gasteiger partial charge in [-0.15, -0.1) is 0 Å². The fourth-order valence-electron chi connectivity index (χ4n) is 3.56. The molecule has 0 saturated carbocycles. The van der Waals surface area contributed by atoms with Gasteiger partial charge in [0, 0.05) is 20.0 Å². The Balaban J connectivity index is 1.70. The van der Waals surface area contributed by atoms with Crippen molar-refractivity contribution < 1.29 is 18.7 Å². The third kappa shape index (κ3) is 2.89. The lowest BCUT2D eigenvalue weighted by atomic mass is 10.1. The number of fused-ring (bicyclic) bond motifs is 1. The van der Waals surface area contributed by atoms with Crippen LogP contribution in [0.15, 0.2) is 6.07 Å². The summed E-state index contributed by atoms with van der Waals surface area (Å²) in [7, 11) is 1.86. The van der Waals surface area contributed by atoms with Gasteiger partial charge in [0.05, 0.1) is 30.0 Å². The van der Waals surface area contributed by atoms with Gasteiger partial charge in [-0.2, -0.15) is 5.10 Å². The second-order valence-corrected chi connectivity index (χ2v) is 6.05. The summed E-state index contributed by atoms with van der Waals surface area (Å²) in [5, 5.41) is 4.30. The summed E-state index contributed by atoms with van der Waals surface area (Å²) in [6.07, 6.45) is 0.491. The van der Waals surface area contributed by atoms with E-state index in [4.69, 9.17) is 4.74 Å². The number of ether oxygens (including phenoxy) is 1. The number of amides is 2. The summed E-state index contributed by atoms with van der Waals surface area (Å²) in [5.41, 5.74) is 1.88. The molecule has 23 heavy (non-hydrogen) atoms. The first-order valence-corrected chi connectivity index (χ1v) is 7.79. The molecule has 3 rings (SSSR count). The minimum absolute atomic E-state index is 0.00404. The zero-order chi connectivity index (χ0) is 16.6. The van der Waals surface area contributed by atoms with Gasteiger partial charge in [0.2, 0.25) is 5.91 Å². The van der Waals surface area contributed by atoms with Gasteiger partial charge in [-0.1, -0.05) is 0 Å². The number of rotatable bonds is 4. The second kappa shape index (κ2) is 6.17. The smallest absolute Gasteiger partial charge is 0.410 e. The molecular formula is C15H21FN4O3. The molecule has 8 heteroatoms. The van der Waals surface area contributed by atoms with Crippen molar-refractivity contribution in [2.24, 2.45) is 7.05 Å². The second-order valence-electron chi connectivity index (χ2n) is 6.05. The summed E-state index contributed by atoms with van der Waals surface area (Å²) in [5.74, 6) is 0.0295. The van der Waals surface area contributed by atoms with Crippen LogP contribution in [-0.2, 0) is 23.1 Å². The molecule has 2 aliphatic heterocycles. The van der Waals surface area contributed by atoms with Gasteiger partial charge in [0.15, 0.2) is 0 Å². The number of carbonyl (C=O) groups is 2. The molecule has 1 aromatic rings. The molecule has 0 aromatic carbocycles. The molecule has 1 aromatic heterocycles. The largest absolute Gasteiger partial charge is 0.447 e. The Hall–Kier alpha value is -2.12. The molecule has 2 amide bonds. The monoisotopic (exact) mass is 324 g/mol. The van der Waals surface area contributed by atoms with Crippen LogP contribution in [0.2, 0.25) is 0 Å². The van der Waals surface area contributed by atoms with Crippen LogP contribution in [0.5, 0.6) is 0 Å². The molecule has 0 bridgehead atoms. The van der Waals surface area contributed by atoms with Crippen molar-refractivity contribution in [2.75, 3.05) is 19.8 Å². The molecule has 0 unspecified atom stereocenters. The zero-order valence-corrected chi connectivity index (χ0v) is 13.4. The zero-order valence-electron chi connectivity index (χ0n) is 13.4. The van der Waals surface area contributed by atoms with E-state index in [0.29, 0.717) is 19.5 Å². The first-order chi connectivity index (χ1) is 11.0. The van der Waals surface area contributed by atoms with Crippen LogP contribution in [0.25, 0.3) is 0 Å². The van der Waals surface area contributed by atoms with Gasteiger partial charge in [-0.05, 0) is 19.4 Å². The van der Waals surface area contributed by atoms with E-state index < -0.39 is 12.8 Å². The highest BCUT2D eigenvalue weighted by Crippen LogP contribution is 2.33. The topological polar surface area (TPSA) is 67.7 Å². The third-order valence-corrected chi connectivity index (χ3v) is 4.58. The van der Waals surface area contributed by atoms with Crippen molar-refractivity contribution in [1.29, 1.82) is 0 Å². The van der Waals surface area contributed by atoms with Crippen LogP contribution < -0.4 is 0 Å². The van der Waals surface area contributed by atoms with E-state index in [-0.39, 0.29) is 24.6 Å². The van der Waals surface area contributed by atoms with Crippen LogP contribution in [-0.4, -0.2) is 63.5 Å². The van der Waals surface area contributed by atoms with Crippen molar-refractivity contribution in [2.45, 2.75) is 38.4 Å². The number of aromatic nitrogens is 2. The predicted molar refractivity (Wildman–Crippen MR) is 79.3 cm³/mol. The minimum Gasteiger partial charge on any atom is -0.447 e.